The molecule has 2 amide bonds. The quantitative estimate of drug-likeness (QED) is 0.516. The molecular weight excluding hydrogens is 404 g/mol. The van der Waals surface area contributed by atoms with Crippen molar-refractivity contribution >= 4 is 34.8 Å². The number of carbonyl (C=O) groups is 2. The molecule has 6 heteroatoms. The first-order valence-corrected chi connectivity index (χ1v) is 11.2. The van der Waals surface area contributed by atoms with E-state index >= 15 is 0 Å². The summed E-state index contributed by atoms with van der Waals surface area (Å²) in [4.78, 5) is 32.1. The summed E-state index contributed by atoms with van der Waals surface area (Å²) in [6, 6.07) is 14.0. The maximum absolute atomic E-state index is 13.3. The van der Waals surface area contributed by atoms with Gasteiger partial charge in [0.25, 0.3) is 0 Å². The van der Waals surface area contributed by atoms with Gasteiger partial charge in [0.2, 0.25) is 11.8 Å². The zero-order chi connectivity index (χ0) is 21.6. The van der Waals surface area contributed by atoms with E-state index in [2.05, 4.69) is 19.1 Å². The third-order valence-electron chi connectivity index (χ3n) is 4.81. The van der Waals surface area contributed by atoms with E-state index in [9.17, 15) is 9.59 Å². The molecule has 1 aromatic carbocycles. The van der Waals surface area contributed by atoms with Gasteiger partial charge in [0.1, 0.15) is 6.54 Å². The number of rotatable bonds is 9. The number of hydrogen-bond donors (Lipinski definition) is 0. The lowest BCUT2D eigenvalue weighted by Gasteiger charge is -2.35. The van der Waals surface area contributed by atoms with Gasteiger partial charge in [-0.1, -0.05) is 30.3 Å². The predicted octanol–water partition coefficient (Wildman–Crippen LogP) is 5.09. The summed E-state index contributed by atoms with van der Waals surface area (Å²) in [7, 11) is 0. The average Bonchev–Trinajstić information content (AvgIpc) is 3.10. The third kappa shape index (κ3) is 6.58. The summed E-state index contributed by atoms with van der Waals surface area (Å²) in [6.45, 7) is 10.6. The molecule has 0 saturated heterocycles. The number of aryl methyl sites for hydroxylation is 1. The summed E-state index contributed by atoms with van der Waals surface area (Å²) in [5.74, 6) is 0.0562. The van der Waals surface area contributed by atoms with Crippen molar-refractivity contribution in [2.24, 2.45) is 5.41 Å². The molecule has 0 N–H and O–H groups in total. The predicted molar refractivity (Wildman–Crippen MR) is 121 cm³/mol. The molecule has 0 unspecified atom stereocenters. The van der Waals surface area contributed by atoms with Crippen molar-refractivity contribution in [2.45, 2.75) is 53.8 Å². The maximum Gasteiger partial charge on any atom is 0.242 e. The summed E-state index contributed by atoms with van der Waals surface area (Å²) in [6.07, 6.45) is 0. The molecule has 0 aliphatic rings. The third-order valence-corrected chi connectivity index (χ3v) is 6.47. The Morgan fingerprint density at radius 1 is 1.07 bits per heavy atom. The Balaban J connectivity index is 2.23. The second-order valence-corrected chi connectivity index (χ2v) is 9.93. The van der Waals surface area contributed by atoms with Crippen LogP contribution in [-0.2, 0) is 22.7 Å². The van der Waals surface area contributed by atoms with Crippen molar-refractivity contribution in [1.82, 2.24) is 9.80 Å². The van der Waals surface area contributed by atoms with Crippen molar-refractivity contribution < 1.29 is 9.59 Å². The number of thiophene rings is 1. The van der Waals surface area contributed by atoms with Gasteiger partial charge in [-0.2, -0.15) is 0 Å². The molecule has 1 heterocycles. The average molecular weight is 435 g/mol. The number of carbonyl (C=O) groups excluding carboxylic acids is 2. The van der Waals surface area contributed by atoms with Gasteiger partial charge in [-0.25, -0.2) is 0 Å². The van der Waals surface area contributed by atoms with Crippen molar-refractivity contribution in [3.05, 3.63) is 57.8 Å². The Labute approximate surface area is 183 Å². The number of halogens is 1. The molecule has 2 rings (SSSR count). The van der Waals surface area contributed by atoms with Crippen molar-refractivity contribution in [3.63, 3.8) is 0 Å². The van der Waals surface area contributed by atoms with Crippen LogP contribution in [0.3, 0.4) is 0 Å². The Hall–Kier alpha value is -1.85. The Kier molecular flexibility index (Phi) is 8.29. The highest BCUT2D eigenvalue weighted by molar-refractivity contribution is 7.11. The number of hydrogen-bond acceptors (Lipinski definition) is 3. The molecular formula is C23H31ClN2O2S. The van der Waals surface area contributed by atoms with Crippen molar-refractivity contribution in [2.75, 3.05) is 12.4 Å². The summed E-state index contributed by atoms with van der Waals surface area (Å²) < 4.78 is 0. The Morgan fingerprint density at radius 2 is 1.72 bits per heavy atom. The van der Waals surface area contributed by atoms with Crippen LogP contribution in [0.5, 0.6) is 0 Å². The number of nitrogens with zero attached hydrogens (tertiary/aromatic N) is 2. The summed E-state index contributed by atoms with van der Waals surface area (Å²) in [5, 5.41) is 0. The molecule has 4 nitrogen and oxygen atoms in total. The van der Waals surface area contributed by atoms with Gasteiger partial charge < -0.3 is 9.80 Å². The van der Waals surface area contributed by atoms with Crippen LogP contribution in [0.1, 0.15) is 43.0 Å². The lowest BCUT2D eigenvalue weighted by atomic mass is 9.93. The highest BCUT2D eigenvalue weighted by Gasteiger charge is 2.34. The van der Waals surface area contributed by atoms with E-state index in [1.54, 1.807) is 16.2 Å². The van der Waals surface area contributed by atoms with Crippen LogP contribution in [0, 0.1) is 12.3 Å². The normalized spacial score (nSPS) is 11.6. The number of alkyl halides is 1. The molecule has 0 radical (unpaired) electrons. The maximum atomic E-state index is 13.3. The zero-order valence-corrected chi connectivity index (χ0v) is 19.5. The fourth-order valence-corrected chi connectivity index (χ4v) is 4.00. The Morgan fingerprint density at radius 3 is 2.24 bits per heavy atom. The highest BCUT2D eigenvalue weighted by atomic mass is 35.5. The van der Waals surface area contributed by atoms with E-state index in [-0.39, 0.29) is 30.3 Å². The van der Waals surface area contributed by atoms with Crippen LogP contribution in [0.25, 0.3) is 0 Å². The standard InChI is InChI=1S/C23H31ClN2O2S/c1-17(2)26(22(28)23(4,5)16-24)15-21(27)25(13-19-9-7-6-8-10-19)14-20-12-11-18(3)29-20/h6-12,17H,13-16H2,1-5H3. The first-order valence-electron chi connectivity index (χ1n) is 9.88. The fraction of sp³-hybridized carbons (Fsp3) is 0.478. The van der Waals surface area contributed by atoms with E-state index in [1.807, 2.05) is 62.9 Å². The van der Waals surface area contributed by atoms with E-state index < -0.39 is 5.41 Å². The van der Waals surface area contributed by atoms with Gasteiger partial charge >= 0.3 is 0 Å². The molecule has 0 spiro atoms. The minimum Gasteiger partial charge on any atom is -0.332 e. The van der Waals surface area contributed by atoms with Gasteiger partial charge in [-0.15, -0.1) is 22.9 Å². The lowest BCUT2D eigenvalue weighted by Crippen LogP contribution is -2.50. The molecule has 29 heavy (non-hydrogen) atoms. The van der Waals surface area contributed by atoms with Crippen LogP contribution in [-0.4, -0.2) is 40.1 Å². The van der Waals surface area contributed by atoms with Crippen LogP contribution in [0.15, 0.2) is 42.5 Å². The van der Waals surface area contributed by atoms with Gasteiger partial charge in [0.05, 0.1) is 12.0 Å². The van der Waals surface area contributed by atoms with E-state index in [4.69, 9.17) is 11.6 Å². The molecule has 1 aromatic heterocycles. The number of benzene rings is 1. The van der Waals surface area contributed by atoms with Crippen LogP contribution in [0.4, 0.5) is 0 Å². The summed E-state index contributed by atoms with van der Waals surface area (Å²) >= 11 is 7.70. The van der Waals surface area contributed by atoms with Gasteiger partial charge in [-0.3, -0.25) is 9.59 Å². The van der Waals surface area contributed by atoms with Crippen LogP contribution >= 0.6 is 22.9 Å². The highest BCUT2D eigenvalue weighted by Crippen LogP contribution is 2.23. The molecule has 0 bridgehead atoms. The van der Waals surface area contributed by atoms with E-state index in [0.29, 0.717) is 13.1 Å². The van der Waals surface area contributed by atoms with E-state index in [0.717, 1.165) is 10.4 Å². The first-order chi connectivity index (χ1) is 13.6. The lowest BCUT2D eigenvalue weighted by molar-refractivity contribution is -0.147. The molecule has 0 saturated carbocycles. The number of amides is 2. The van der Waals surface area contributed by atoms with Crippen molar-refractivity contribution in [3.8, 4) is 0 Å². The SMILES string of the molecule is Cc1ccc(CN(Cc2ccccc2)C(=O)CN(C(=O)C(C)(C)CCl)C(C)C)s1. The monoisotopic (exact) mass is 434 g/mol. The second kappa shape index (κ2) is 10.3. The van der Waals surface area contributed by atoms with Gasteiger partial charge in [-0.05, 0) is 52.3 Å². The minimum absolute atomic E-state index is 0.0496. The minimum atomic E-state index is -0.707. The zero-order valence-electron chi connectivity index (χ0n) is 17.9. The van der Waals surface area contributed by atoms with Crippen molar-refractivity contribution in [1.29, 1.82) is 0 Å². The largest absolute Gasteiger partial charge is 0.332 e. The smallest absolute Gasteiger partial charge is 0.242 e. The molecule has 0 aliphatic heterocycles. The molecule has 0 atom stereocenters. The fourth-order valence-electron chi connectivity index (χ4n) is 2.97. The molecule has 0 aliphatic carbocycles. The van der Waals surface area contributed by atoms with Gasteiger partial charge in [0.15, 0.2) is 0 Å². The molecule has 158 valence electrons. The topological polar surface area (TPSA) is 40.6 Å². The summed E-state index contributed by atoms with van der Waals surface area (Å²) in [5.41, 5.74) is 0.360. The van der Waals surface area contributed by atoms with E-state index in [1.165, 1.54) is 4.88 Å². The van der Waals surface area contributed by atoms with Crippen LogP contribution in [0.2, 0.25) is 0 Å². The second-order valence-electron chi connectivity index (χ2n) is 8.29. The first kappa shape index (κ1) is 23.4. The molecule has 2 aromatic rings. The van der Waals surface area contributed by atoms with Crippen LogP contribution < -0.4 is 0 Å². The Bertz CT molecular complexity index is 817. The molecule has 0 fully saturated rings. The van der Waals surface area contributed by atoms with Gasteiger partial charge in [0, 0.05) is 28.2 Å².